The molecule has 2 rings (SSSR count). The molecule has 0 bridgehead atoms. The molecule has 1 aromatic carbocycles. The van der Waals surface area contributed by atoms with Crippen LogP contribution in [0.15, 0.2) is 24.3 Å². The average molecular weight is 438 g/mol. The number of benzene rings is 1. The molecule has 174 valence electrons. The van der Waals surface area contributed by atoms with E-state index < -0.39 is 35.1 Å². The van der Waals surface area contributed by atoms with Gasteiger partial charge in [0.15, 0.2) is 5.79 Å². The predicted molar refractivity (Wildman–Crippen MR) is 115 cm³/mol. The summed E-state index contributed by atoms with van der Waals surface area (Å²) >= 11 is 0. The van der Waals surface area contributed by atoms with E-state index >= 15 is 0 Å². The summed E-state index contributed by atoms with van der Waals surface area (Å²) in [7, 11) is 1.60. The van der Waals surface area contributed by atoms with Crippen LogP contribution < -0.4 is 10.1 Å². The van der Waals surface area contributed by atoms with Crippen LogP contribution in [0.25, 0.3) is 0 Å². The first-order valence-corrected chi connectivity index (χ1v) is 10.5. The van der Waals surface area contributed by atoms with E-state index in [1.54, 1.807) is 48.7 Å². The Morgan fingerprint density at radius 3 is 2.03 bits per heavy atom. The van der Waals surface area contributed by atoms with Crippen molar-refractivity contribution in [3.05, 3.63) is 29.8 Å². The molecule has 0 saturated carbocycles. The second-order valence-corrected chi connectivity index (χ2v) is 9.45. The van der Waals surface area contributed by atoms with E-state index in [2.05, 4.69) is 5.32 Å². The van der Waals surface area contributed by atoms with Gasteiger partial charge in [0.05, 0.1) is 20.3 Å². The van der Waals surface area contributed by atoms with Crippen LogP contribution in [0.4, 0.5) is 4.79 Å². The Balaban J connectivity index is 2.18. The summed E-state index contributed by atoms with van der Waals surface area (Å²) in [6.45, 7) is 11.5. The second kappa shape index (κ2) is 9.87. The highest BCUT2D eigenvalue weighted by Gasteiger charge is 2.40. The third kappa shape index (κ3) is 7.70. The summed E-state index contributed by atoms with van der Waals surface area (Å²) in [5.41, 5.74) is -0.574. The molecule has 31 heavy (non-hydrogen) atoms. The number of hydrogen-bond acceptors (Lipinski definition) is 7. The molecule has 0 aliphatic carbocycles. The van der Waals surface area contributed by atoms with Gasteiger partial charge in [-0.25, -0.2) is 9.59 Å². The fraction of sp³-hybridized carbons (Fsp3) is 0.652. The summed E-state index contributed by atoms with van der Waals surface area (Å²) in [5.74, 6) is -0.835. The molecule has 1 amide bonds. The quantitative estimate of drug-likeness (QED) is 0.647. The highest BCUT2D eigenvalue weighted by atomic mass is 16.7. The maximum Gasteiger partial charge on any atom is 0.408 e. The molecule has 1 fully saturated rings. The summed E-state index contributed by atoms with van der Waals surface area (Å²) < 4.78 is 28.0. The number of amides is 1. The van der Waals surface area contributed by atoms with Crippen LogP contribution in [0.3, 0.4) is 0 Å². The molecule has 0 unspecified atom stereocenters. The van der Waals surface area contributed by atoms with E-state index in [1.807, 2.05) is 24.3 Å². The maximum atomic E-state index is 12.8. The topological polar surface area (TPSA) is 92.3 Å². The first kappa shape index (κ1) is 24.9. The highest BCUT2D eigenvalue weighted by molar-refractivity contribution is 5.81. The van der Waals surface area contributed by atoms with Gasteiger partial charge >= 0.3 is 12.1 Å². The zero-order valence-corrected chi connectivity index (χ0v) is 19.6. The molecule has 0 aromatic heterocycles. The lowest BCUT2D eigenvalue weighted by molar-refractivity contribution is -0.175. The second-order valence-electron chi connectivity index (χ2n) is 9.45. The Hall–Kier alpha value is -2.32. The monoisotopic (exact) mass is 437 g/mol. The number of hydrogen-bond donors (Lipinski definition) is 1. The molecule has 1 aliphatic rings. The number of esters is 1. The van der Waals surface area contributed by atoms with Crippen molar-refractivity contribution in [1.82, 2.24) is 5.32 Å². The van der Waals surface area contributed by atoms with Crippen LogP contribution >= 0.6 is 0 Å². The number of nitrogens with one attached hydrogen (secondary N) is 1. The number of methoxy groups -OCH3 is 1. The zero-order valence-electron chi connectivity index (χ0n) is 19.6. The van der Waals surface area contributed by atoms with Crippen LogP contribution in [-0.4, -0.2) is 49.6 Å². The Bertz CT molecular complexity index is 741. The number of alkyl carbamates (subject to hydrolysis) is 1. The molecular weight excluding hydrogens is 402 g/mol. The summed E-state index contributed by atoms with van der Waals surface area (Å²) in [5, 5.41) is 2.64. The molecular formula is C23H35NO7. The van der Waals surface area contributed by atoms with Gasteiger partial charge in [-0.1, -0.05) is 0 Å². The number of carbonyl (C=O) groups excluding carboxylic acids is 2. The molecule has 1 aromatic rings. The fourth-order valence-corrected chi connectivity index (χ4v) is 3.16. The van der Waals surface area contributed by atoms with Crippen LogP contribution in [0, 0.1) is 0 Å². The van der Waals surface area contributed by atoms with Crippen molar-refractivity contribution in [3.63, 3.8) is 0 Å². The molecule has 1 N–H and O–H groups in total. The van der Waals surface area contributed by atoms with Gasteiger partial charge in [-0.2, -0.15) is 0 Å². The molecule has 8 nitrogen and oxygen atoms in total. The van der Waals surface area contributed by atoms with E-state index in [0.717, 1.165) is 11.3 Å². The normalized spacial score (nSPS) is 17.0. The van der Waals surface area contributed by atoms with E-state index in [0.29, 0.717) is 19.6 Å². The third-order valence-corrected chi connectivity index (χ3v) is 4.43. The largest absolute Gasteiger partial charge is 0.497 e. The zero-order chi connectivity index (χ0) is 23.3. The Labute approximate surface area is 184 Å². The number of ether oxygens (including phenoxy) is 5. The lowest BCUT2D eigenvalue weighted by Crippen LogP contribution is -2.47. The molecule has 1 aliphatic heterocycles. The van der Waals surface area contributed by atoms with E-state index in [-0.39, 0.29) is 6.42 Å². The van der Waals surface area contributed by atoms with Crippen molar-refractivity contribution in [3.8, 4) is 5.75 Å². The Morgan fingerprint density at radius 2 is 1.55 bits per heavy atom. The minimum atomic E-state index is -1.01. The van der Waals surface area contributed by atoms with Crippen LogP contribution in [0.2, 0.25) is 0 Å². The highest BCUT2D eigenvalue weighted by Crippen LogP contribution is 2.37. The lowest BCUT2D eigenvalue weighted by Gasteiger charge is -2.31. The van der Waals surface area contributed by atoms with Crippen molar-refractivity contribution < 1.29 is 33.3 Å². The minimum Gasteiger partial charge on any atom is -0.497 e. The van der Waals surface area contributed by atoms with Gasteiger partial charge < -0.3 is 29.0 Å². The van der Waals surface area contributed by atoms with E-state index in [4.69, 9.17) is 23.7 Å². The molecule has 8 heteroatoms. The van der Waals surface area contributed by atoms with Crippen LogP contribution in [-0.2, 0) is 29.5 Å². The lowest BCUT2D eigenvalue weighted by atomic mass is 9.97. The summed E-state index contributed by atoms with van der Waals surface area (Å²) in [6, 6.07) is 6.47. The standard InChI is InChI=1S/C23H35NO7/c1-21(2,3)30-19(25)18(24-20(26)31-22(4,5)6)12-13-23(28-14-15-29-23)16-8-10-17(27-7)11-9-16/h8-11,18H,12-15H2,1-7H3,(H,24,26)/t18-/m0/s1. The first-order valence-electron chi connectivity index (χ1n) is 10.5. The summed E-state index contributed by atoms with van der Waals surface area (Å²) in [6.07, 6.45) is -0.116. The Morgan fingerprint density at radius 1 is 1.00 bits per heavy atom. The van der Waals surface area contributed by atoms with E-state index in [9.17, 15) is 9.59 Å². The third-order valence-electron chi connectivity index (χ3n) is 4.43. The molecule has 1 heterocycles. The first-order chi connectivity index (χ1) is 14.3. The smallest absolute Gasteiger partial charge is 0.408 e. The van der Waals surface area contributed by atoms with Gasteiger partial charge in [-0.3, -0.25) is 0 Å². The van der Waals surface area contributed by atoms with Crippen molar-refractivity contribution in [2.45, 2.75) is 77.4 Å². The predicted octanol–water partition coefficient (Wildman–Crippen LogP) is 3.91. The average Bonchev–Trinajstić information content (AvgIpc) is 3.12. The van der Waals surface area contributed by atoms with Gasteiger partial charge in [0.1, 0.15) is 23.0 Å². The van der Waals surface area contributed by atoms with Crippen molar-refractivity contribution in [2.75, 3.05) is 20.3 Å². The van der Waals surface area contributed by atoms with Crippen molar-refractivity contribution >= 4 is 12.1 Å². The number of rotatable bonds is 7. The molecule has 0 radical (unpaired) electrons. The van der Waals surface area contributed by atoms with Gasteiger partial charge in [0.25, 0.3) is 0 Å². The van der Waals surface area contributed by atoms with Crippen LogP contribution in [0.1, 0.15) is 59.9 Å². The van der Waals surface area contributed by atoms with Crippen molar-refractivity contribution in [1.29, 1.82) is 0 Å². The van der Waals surface area contributed by atoms with Gasteiger partial charge in [0, 0.05) is 12.0 Å². The molecule has 1 atom stereocenters. The SMILES string of the molecule is COc1ccc(C2(CC[C@H](NC(=O)OC(C)(C)C)C(=O)OC(C)(C)C)OCCO2)cc1. The van der Waals surface area contributed by atoms with E-state index in [1.165, 1.54) is 0 Å². The van der Waals surface area contributed by atoms with Crippen molar-refractivity contribution in [2.24, 2.45) is 0 Å². The maximum absolute atomic E-state index is 12.8. The van der Waals surface area contributed by atoms with Gasteiger partial charge in [-0.05, 0) is 72.2 Å². The fourth-order valence-electron chi connectivity index (χ4n) is 3.16. The van der Waals surface area contributed by atoms with Gasteiger partial charge in [0.2, 0.25) is 0 Å². The molecule has 1 saturated heterocycles. The Kier molecular flexibility index (Phi) is 7.94. The van der Waals surface area contributed by atoms with Crippen LogP contribution in [0.5, 0.6) is 5.75 Å². The summed E-state index contributed by atoms with van der Waals surface area (Å²) in [4.78, 5) is 25.1. The minimum absolute atomic E-state index is 0.236. The molecule has 0 spiro atoms. The number of carbonyl (C=O) groups is 2. The van der Waals surface area contributed by atoms with Gasteiger partial charge in [-0.15, -0.1) is 0 Å².